The topological polar surface area (TPSA) is 120 Å². The zero-order valence-electron chi connectivity index (χ0n) is 20.9. The summed E-state index contributed by atoms with van der Waals surface area (Å²) in [5.74, 6) is 0.801. The predicted octanol–water partition coefficient (Wildman–Crippen LogP) is 2.78. The number of fused-ring (bicyclic) bond motifs is 1. The second kappa shape index (κ2) is 9.62. The molecule has 2 fully saturated rings. The lowest BCUT2D eigenvalue weighted by atomic mass is 9.97. The summed E-state index contributed by atoms with van der Waals surface area (Å²) < 4.78 is 10.6. The molecule has 0 spiro atoms. The minimum atomic E-state index is -0.416. The lowest BCUT2D eigenvalue weighted by Crippen LogP contribution is -2.60. The van der Waals surface area contributed by atoms with Gasteiger partial charge in [0.25, 0.3) is 5.91 Å². The zero-order valence-corrected chi connectivity index (χ0v) is 20.9. The molecule has 0 bridgehead atoms. The van der Waals surface area contributed by atoms with Gasteiger partial charge in [0.1, 0.15) is 0 Å². The van der Waals surface area contributed by atoms with Crippen molar-refractivity contribution in [3.63, 3.8) is 0 Å². The molecule has 5 rings (SSSR count). The van der Waals surface area contributed by atoms with Crippen molar-refractivity contribution in [1.82, 2.24) is 30.1 Å². The van der Waals surface area contributed by atoms with Gasteiger partial charge in [0.15, 0.2) is 5.82 Å². The van der Waals surface area contributed by atoms with Crippen LogP contribution in [-0.2, 0) is 11.3 Å². The Labute approximate surface area is 205 Å². The molecule has 3 atom stereocenters. The number of hydrogen-bond donors (Lipinski definition) is 2. The van der Waals surface area contributed by atoms with E-state index >= 15 is 0 Å². The normalized spacial score (nSPS) is 25.7. The van der Waals surface area contributed by atoms with Gasteiger partial charge in [-0.2, -0.15) is 5.10 Å². The first-order valence-electron chi connectivity index (χ1n) is 12.5. The number of rotatable bonds is 4. The monoisotopic (exact) mass is 485 g/mol. The summed E-state index contributed by atoms with van der Waals surface area (Å²) in [5.41, 5.74) is 2.31. The van der Waals surface area contributed by atoms with Crippen LogP contribution in [0.15, 0.2) is 10.6 Å². The van der Waals surface area contributed by atoms with Crippen LogP contribution in [0.25, 0.3) is 0 Å². The Morgan fingerprint density at radius 1 is 1.14 bits per heavy atom. The number of H-pyrrole nitrogens is 1. The Hall–Kier alpha value is -2.92. The molecule has 3 aliphatic rings. The van der Waals surface area contributed by atoms with Crippen molar-refractivity contribution in [3.8, 4) is 0 Å². The van der Waals surface area contributed by atoms with Crippen LogP contribution in [0.2, 0.25) is 0 Å². The largest absolute Gasteiger partial charge is 0.381 e. The molecule has 1 unspecified atom stereocenters. The number of aromatic amines is 1. The number of amides is 3. The summed E-state index contributed by atoms with van der Waals surface area (Å²) >= 11 is 0. The van der Waals surface area contributed by atoms with Gasteiger partial charge in [-0.3, -0.25) is 14.8 Å². The number of urea groups is 1. The molecule has 3 amide bonds. The zero-order chi connectivity index (χ0) is 24.7. The smallest absolute Gasteiger partial charge is 0.321 e. The van der Waals surface area contributed by atoms with Crippen LogP contribution in [0.1, 0.15) is 67.2 Å². The highest BCUT2D eigenvalue weighted by Gasteiger charge is 2.41. The van der Waals surface area contributed by atoms with E-state index in [0.29, 0.717) is 36.6 Å². The van der Waals surface area contributed by atoms with Crippen molar-refractivity contribution in [3.05, 3.63) is 28.8 Å². The Morgan fingerprint density at radius 3 is 2.63 bits per heavy atom. The fourth-order valence-corrected chi connectivity index (χ4v) is 5.47. The number of carbonyl (C=O) groups is 2. The van der Waals surface area contributed by atoms with Crippen molar-refractivity contribution in [2.24, 2.45) is 5.92 Å². The quantitative estimate of drug-likeness (QED) is 0.683. The molecule has 2 N–H and O–H groups in total. The van der Waals surface area contributed by atoms with Gasteiger partial charge in [-0.05, 0) is 46.5 Å². The summed E-state index contributed by atoms with van der Waals surface area (Å²) in [4.78, 5) is 32.6. The van der Waals surface area contributed by atoms with Gasteiger partial charge >= 0.3 is 6.03 Å². The maximum Gasteiger partial charge on any atom is 0.321 e. The highest BCUT2D eigenvalue weighted by Crippen LogP contribution is 2.37. The third-order valence-corrected chi connectivity index (χ3v) is 7.64. The van der Waals surface area contributed by atoms with Crippen molar-refractivity contribution < 1.29 is 18.8 Å². The number of ether oxygens (including phenoxy) is 1. The average Bonchev–Trinajstić information content (AvgIpc) is 3.53. The molecule has 35 heavy (non-hydrogen) atoms. The molecule has 0 radical (unpaired) electrons. The van der Waals surface area contributed by atoms with Crippen molar-refractivity contribution in [2.45, 2.75) is 65.2 Å². The molecule has 0 aromatic carbocycles. The maximum absolute atomic E-state index is 13.7. The highest BCUT2D eigenvalue weighted by molar-refractivity contribution is 6.02. The van der Waals surface area contributed by atoms with Crippen LogP contribution < -0.4 is 5.32 Å². The maximum atomic E-state index is 13.7. The number of carbonyl (C=O) groups excluding carboxylic acids is 2. The molecule has 5 heterocycles. The van der Waals surface area contributed by atoms with E-state index in [2.05, 4.69) is 39.4 Å². The Bertz CT molecular complexity index is 1080. The third-order valence-electron chi connectivity index (χ3n) is 7.64. The van der Waals surface area contributed by atoms with Crippen LogP contribution in [0.4, 0.5) is 10.6 Å². The Kier molecular flexibility index (Phi) is 6.54. The molecule has 190 valence electrons. The Morgan fingerprint density at radius 2 is 1.91 bits per heavy atom. The van der Waals surface area contributed by atoms with Gasteiger partial charge in [-0.15, -0.1) is 0 Å². The molecule has 0 saturated carbocycles. The number of hydrogen-bond acceptors (Lipinski definition) is 7. The van der Waals surface area contributed by atoms with Crippen LogP contribution in [0, 0.1) is 12.8 Å². The van der Waals surface area contributed by atoms with Crippen molar-refractivity contribution >= 4 is 17.8 Å². The molecule has 2 saturated heterocycles. The summed E-state index contributed by atoms with van der Waals surface area (Å²) in [6, 6.07) is 1.86. The molecule has 3 aliphatic heterocycles. The van der Waals surface area contributed by atoms with E-state index in [4.69, 9.17) is 9.26 Å². The number of aromatic nitrogens is 3. The number of piperazine rings is 1. The SMILES string of the molecule is Cc1cc(C(=O)Nc2n[nH]c3c2CN(C(=O)N2C[C@@H](C)N(CC4CCOCC4)C[C@@H]2C)C3C)on1. The number of nitrogens with zero attached hydrogens (tertiary/aromatic N) is 5. The minimum Gasteiger partial charge on any atom is -0.381 e. The van der Waals surface area contributed by atoms with Crippen LogP contribution >= 0.6 is 0 Å². The van der Waals surface area contributed by atoms with E-state index in [0.717, 1.165) is 50.4 Å². The van der Waals surface area contributed by atoms with Crippen LogP contribution in [0.5, 0.6) is 0 Å². The third kappa shape index (κ3) is 4.66. The Balaban J connectivity index is 1.23. The fourth-order valence-electron chi connectivity index (χ4n) is 5.47. The van der Waals surface area contributed by atoms with E-state index in [1.54, 1.807) is 13.0 Å². The molecular formula is C24H35N7O4. The lowest BCUT2D eigenvalue weighted by Gasteiger charge is -2.46. The number of aryl methyl sites for hydroxylation is 1. The first kappa shape index (κ1) is 23.8. The van der Waals surface area contributed by atoms with E-state index in [1.165, 1.54) is 0 Å². The van der Waals surface area contributed by atoms with Gasteiger partial charge < -0.3 is 24.4 Å². The lowest BCUT2D eigenvalue weighted by molar-refractivity contribution is 0.0127. The standard InChI is InChI=1S/C24H35N7O4/c1-14-9-20(35-28-14)23(32)25-22-19-13-31(17(4)21(19)26-27-22)24(33)30-11-15(2)29(10-16(30)3)12-18-5-7-34-8-6-18/h9,15-18H,5-8,10-13H2,1-4H3,(H2,25,26,27,32)/t15-,16+,17?/m1/s1. The van der Waals surface area contributed by atoms with E-state index in [1.807, 2.05) is 16.7 Å². The van der Waals surface area contributed by atoms with E-state index in [9.17, 15) is 9.59 Å². The summed E-state index contributed by atoms with van der Waals surface area (Å²) in [6.07, 6.45) is 2.23. The summed E-state index contributed by atoms with van der Waals surface area (Å²) in [7, 11) is 0. The fraction of sp³-hybridized carbons (Fsp3) is 0.667. The van der Waals surface area contributed by atoms with Crippen LogP contribution in [0.3, 0.4) is 0 Å². The second-order valence-electron chi connectivity index (χ2n) is 10.2. The van der Waals surface area contributed by atoms with Crippen molar-refractivity contribution in [1.29, 1.82) is 0 Å². The van der Waals surface area contributed by atoms with Gasteiger partial charge in [0.05, 0.1) is 24.0 Å². The van der Waals surface area contributed by atoms with E-state index in [-0.39, 0.29) is 23.9 Å². The number of anilines is 1. The second-order valence-corrected chi connectivity index (χ2v) is 10.2. The van der Waals surface area contributed by atoms with Gasteiger partial charge in [-0.25, -0.2) is 4.79 Å². The molecular weight excluding hydrogens is 450 g/mol. The molecule has 2 aromatic heterocycles. The molecule has 11 heteroatoms. The van der Waals surface area contributed by atoms with Crippen molar-refractivity contribution in [2.75, 3.05) is 38.2 Å². The highest BCUT2D eigenvalue weighted by atomic mass is 16.5. The first-order valence-corrected chi connectivity index (χ1v) is 12.5. The van der Waals surface area contributed by atoms with E-state index < -0.39 is 5.91 Å². The summed E-state index contributed by atoms with van der Waals surface area (Å²) in [5, 5.41) is 13.8. The molecule has 2 aromatic rings. The minimum absolute atomic E-state index is 0.0234. The first-order chi connectivity index (χ1) is 16.8. The number of nitrogens with one attached hydrogen (secondary N) is 2. The van der Waals surface area contributed by atoms with Crippen LogP contribution in [-0.4, -0.2) is 86.9 Å². The molecule has 0 aliphatic carbocycles. The predicted molar refractivity (Wildman–Crippen MR) is 128 cm³/mol. The van der Waals surface area contributed by atoms with Gasteiger partial charge in [0.2, 0.25) is 5.76 Å². The van der Waals surface area contributed by atoms with Gasteiger partial charge in [-0.1, -0.05) is 5.16 Å². The van der Waals surface area contributed by atoms with Gasteiger partial charge in [0, 0.05) is 56.6 Å². The molecule has 11 nitrogen and oxygen atoms in total. The average molecular weight is 486 g/mol. The summed E-state index contributed by atoms with van der Waals surface area (Å²) in [6.45, 7) is 12.8.